The van der Waals surface area contributed by atoms with E-state index < -0.39 is 28.3 Å². The minimum absolute atomic E-state index is 0.907. The molecule has 0 saturated carbocycles. The van der Waals surface area contributed by atoms with Crippen molar-refractivity contribution in [3.63, 3.8) is 0 Å². The van der Waals surface area contributed by atoms with Gasteiger partial charge < -0.3 is 0 Å². The Bertz CT molecular complexity index is 226. The van der Waals surface area contributed by atoms with Crippen LogP contribution in [0.3, 0.4) is 0 Å². The van der Waals surface area contributed by atoms with Gasteiger partial charge in [-0.25, -0.2) is 0 Å². The van der Waals surface area contributed by atoms with Gasteiger partial charge in [-0.3, -0.25) is 0 Å². The van der Waals surface area contributed by atoms with Gasteiger partial charge in [0, 0.05) is 0 Å². The van der Waals surface area contributed by atoms with Gasteiger partial charge in [-0.1, -0.05) is 0 Å². The zero-order chi connectivity index (χ0) is 7.40. The van der Waals surface area contributed by atoms with Crippen LogP contribution in [0.5, 0.6) is 0 Å². The van der Waals surface area contributed by atoms with Crippen LogP contribution in [-0.4, -0.2) is 23.3 Å². The third kappa shape index (κ3) is 2.10. The summed E-state index contributed by atoms with van der Waals surface area (Å²) in [7, 11) is 0. The summed E-state index contributed by atoms with van der Waals surface area (Å²) in [5, 5.41) is -0.272. The van der Waals surface area contributed by atoms with Crippen molar-refractivity contribution in [1.82, 2.24) is 0 Å². The molecule has 1 unspecified atom stereocenters. The molecule has 10 heavy (non-hydrogen) atoms. The van der Waals surface area contributed by atoms with Crippen LogP contribution in [0.25, 0.3) is 0 Å². The summed E-state index contributed by atoms with van der Waals surface area (Å²) in [5.41, 5.74) is 0. The molecule has 1 aromatic rings. The standard InChI is InChI=1S/C6H5OP.H2N.Po/c7-8-6-4-2-1-3-5-6;;/h1-5H;1H2;/q;-1;+1. The second-order valence-electron chi connectivity index (χ2n) is 1.70. The van der Waals surface area contributed by atoms with Gasteiger partial charge in [0.05, 0.1) is 0 Å². The van der Waals surface area contributed by atoms with Crippen molar-refractivity contribution in [3.8, 4) is 0 Å². The Morgan fingerprint density at radius 3 is 2.40 bits per heavy atom. The van der Waals surface area contributed by atoms with Crippen molar-refractivity contribution < 1.29 is 4.57 Å². The molecule has 0 amide bonds. The fourth-order valence-corrected chi connectivity index (χ4v) is 3.99. The molecule has 0 spiro atoms. The van der Waals surface area contributed by atoms with Crippen LogP contribution in [0.2, 0.25) is 0 Å². The van der Waals surface area contributed by atoms with Gasteiger partial charge in [-0.15, -0.1) is 0 Å². The second-order valence-corrected chi connectivity index (χ2v) is 9.27. The van der Waals surface area contributed by atoms with Crippen molar-refractivity contribution in [2.75, 3.05) is 0 Å². The Hall–Kier alpha value is 0.176. The van der Waals surface area contributed by atoms with Crippen LogP contribution >= 0.6 is 5.04 Å². The van der Waals surface area contributed by atoms with E-state index in [1.165, 1.54) is 0 Å². The first-order valence-corrected chi connectivity index (χ1v) is 10.0. The van der Waals surface area contributed by atoms with Crippen LogP contribution < -0.4 is 8.94 Å². The van der Waals surface area contributed by atoms with Crippen LogP contribution in [-0.2, 0) is 4.57 Å². The summed E-state index contributed by atoms with van der Waals surface area (Å²) in [5.74, 6) is 0. The molecule has 0 bridgehead atoms. The topological polar surface area (TPSA) is 43.1 Å². The zero-order valence-corrected chi connectivity index (χ0v) is 9.30. The fraction of sp³-hybridized carbons (Fsp3) is 0. The Labute approximate surface area is 72.0 Å². The number of rotatable bonds is 2. The molecule has 0 aliphatic carbocycles. The molecule has 1 atom stereocenters. The molecular weight excluding hydrogens is 342 g/mol. The van der Waals surface area contributed by atoms with Crippen molar-refractivity contribution in [2.45, 2.75) is 0 Å². The number of benzene rings is 1. The summed E-state index contributed by atoms with van der Waals surface area (Å²) in [6.07, 6.45) is 0. The normalized spacial score (nSPS) is 11.1. The fourth-order valence-electron chi connectivity index (χ4n) is 0.611. The van der Waals surface area contributed by atoms with E-state index in [2.05, 4.69) is 0 Å². The van der Waals surface area contributed by atoms with Crippen molar-refractivity contribution in [3.05, 3.63) is 30.3 Å². The zero-order valence-electron chi connectivity index (χ0n) is 5.23. The molecule has 1 rings (SSSR count). The van der Waals surface area contributed by atoms with Crippen molar-refractivity contribution in [2.24, 2.45) is 3.63 Å². The molecule has 2 N–H and O–H groups in total. The molecule has 53 valence electrons. The predicted molar refractivity (Wildman–Crippen MR) is 43.6 cm³/mol. The van der Waals surface area contributed by atoms with Crippen LogP contribution in [0.4, 0.5) is 0 Å². The third-order valence-corrected chi connectivity index (χ3v) is 6.67. The van der Waals surface area contributed by atoms with E-state index in [0.717, 1.165) is 5.30 Å². The minimum atomic E-state index is -1.18. The molecular formula is C6H7NOPPo. The summed E-state index contributed by atoms with van der Waals surface area (Å²) < 4.78 is 16.5. The molecule has 0 aliphatic heterocycles. The van der Waals surface area contributed by atoms with Crippen LogP contribution in [0.15, 0.2) is 30.3 Å². The van der Waals surface area contributed by atoms with E-state index in [-0.39, 0.29) is 0 Å². The summed E-state index contributed by atoms with van der Waals surface area (Å²) in [4.78, 5) is 0. The first-order chi connectivity index (χ1) is 4.84. The predicted octanol–water partition coefficient (Wildman–Crippen LogP) is 0.632. The SMILES string of the molecule is [NH2][Po][P](=O)c1ccccc1. The van der Waals surface area contributed by atoms with E-state index in [1.54, 1.807) is 0 Å². The summed E-state index contributed by atoms with van der Waals surface area (Å²) in [6.45, 7) is 0. The van der Waals surface area contributed by atoms with E-state index in [4.69, 9.17) is 3.63 Å². The second kappa shape index (κ2) is 4.14. The van der Waals surface area contributed by atoms with Gasteiger partial charge in [0.25, 0.3) is 0 Å². The average Bonchev–Trinajstić information content (AvgIpc) is 2.05. The van der Waals surface area contributed by atoms with Crippen molar-refractivity contribution >= 4 is 33.6 Å². The van der Waals surface area contributed by atoms with Gasteiger partial charge in [0.15, 0.2) is 0 Å². The molecule has 2 nitrogen and oxygen atoms in total. The number of hydrogen-bond acceptors (Lipinski definition) is 2. The summed E-state index contributed by atoms with van der Waals surface area (Å²) >= 11 is -1.07. The number of nitrogens with two attached hydrogens (primary N) is 1. The van der Waals surface area contributed by atoms with Gasteiger partial charge in [-0.2, -0.15) is 0 Å². The van der Waals surface area contributed by atoms with Crippen LogP contribution in [0, 0.1) is 0 Å². The molecule has 0 fully saturated rings. The van der Waals surface area contributed by atoms with Crippen LogP contribution in [0.1, 0.15) is 0 Å². The van der Waals surface area contributed by atoms with E-state index in [9.17, 15) is 4.57 Å². The van der Waals surface area contributed by atoms with Gasteiger partial charge in [0.2, 0.25) is 0 Å². The Kier molecular flexibility index (Phi) is 3.42. The molecule has 0 aliphatic rings. The van der Waals surface area contributed by atoms with Gasteiger partial charge >= 0.3 is 72.1 Å². The molecule has 0 aromatic heterocycles. The van der Waals surface area contributed by atoms with E-state index >= 15 is 0 Å². The first kappa shape index (κ1) is 8.27. The van der Waals surface area contributed by atoms with Gasteiger partial charge in [-0.05, 0) is 0 Å². The Balaban J connectivity index is 2.85. The molecule has 1 aromatic carbocycles. The molecule has 4 heteroatoms. The maximum atomic E-state index is 11.1. The number of hydrogen-bond donors (Lipinski definition) is 1. The monoisotopic (exact) mass is 349 g/mol. The average molecular weight is 349 g/mol. The quantitative estimate of drug-likeness (QED) is 0.797. The maximum absolute atomic E-state index is 11.1. The Morgan fingerprint density at radius 2 is 1.90 bits per heavy atom. The molecule has 0 heterocycles. The van der Waals surface area contributed by atoms with E-state index in [0.29, 0.717) is 0 Å². The molecule has 0 saturated heterocycles. The third-order valence-electron chi connectivity index (χ3n) is 1.06. The molecule has 1 radical (unpaired) electrons. The summed E-state index contributed by atoms with van der Waals surface area (Å²) in [6, 6.07) is 9.42. The van der Waals surface area contributed by atoms with Gasteiger partial charge in [0.1, 0.15) is 0 Å². The van der Waals surface area contributed by atoms with E-state index in [1.807, 2.05) is 30.3 Å². The first-order valence-electron chi connectivity index (χ1n) is 2.74. The Morgan fingerprint density at radius 1 is 1.30 bits per heavy atom. The van der Waals surface area contributed by atoms with Crippen molar-refractivity contribution in [1.29, 1.82) is 0 Å².